The van der Waals surface area contributed by atoms with Gasteiger partial charge in [0.2, 0.25) is 0 Å². The Balaban J connectivity index is 1.95. The van der Waals surface area contributed by atoms with E-state index in [1.54, 1.807) is 13.0 Å². The predicted molar refractivity (Wildman–Crippen MR) is 75.7 cm³/mol. The highest BCUT2D eigenvalue weighted by atomic mass is 19.1. The van der Waals surface area contributed by atoms with E-state index in [2.05, 4.69) is 5.32 Å². The number of ether oxygens (including phenoxy) is 1. The van der Waals surface area contributed by atoms with Crippen molar-refractivity contribution in [2.24, 2.45) is 0 Å². The maximum absolute atomic E-state index is 13.9. The molecule has 0 spiro atoms. The van der Waals surface area contributed by atoms with Crippen LogP contribution in [0.25, 0.3) is 0 Å². The molecule has 0 aromatic heterocycles. The molecule has 4 heteroatoms. The zero-order valence-corrected chi connectivity index (χ0v) is 12.2. The van der Waals surface area contributed by atoms with E-state index in [1.165, 1.54) is 0 Å². The average molecular weight is 283 g/mol. The number of aryl methyl sites for hydroxylation is 1. The molecule has 1 aromatic rings. The minimum absolute atomic E-state index is 0.0734. The summed E-state index contributed by atoms with van der Waals surface area (Å²) in [5, 5.41) is 3.13. The molecule has 20 heavy (non-hydrogen) atoms. The van der Waals surface area contributed by atoms with Gasteiger partial charge in [0.25, 0.3) is 0 Å². The summed E-state index contributed by atoms with van der Waals surface area (Å²) in [6, 6.07) is 2.52. The number of hydrogen-bond donors (Lipinski definition) is 1. The molecular formula is C16H23F2NO. The van der Waals surface area contributed by atoms with Gasteiger partial charge < -0.3 is 10.1 Å². The van der Waals surface area contributed by atoms with Crippen LogP contribution < -0.4 is 5.32 Å². The Morgan fingerprint density at radius 1 is 1.35 bits per heavy atom. The third kappa shape index (κ3) is 3.76. The van der Waals surface area contributed by atoms with Gasteiger partial charge in [0.05, 0.1) is 6.10 Å². The van der Waals surface area contributed by atoms with E-state index >= 15 is 0 Å². The monoisotopic (exact) mass is 283 g/mol. The van der Waals surface area contributed by atoms with Crippen molar-refractivity contribution in [2.45, 2.75) is 51.2 Å². The number of halogens is 2. The van der Waals surface area contributed by atoms with Crippen molar-refractivity contribution >= 4 is 0 Å². The number of benzene rings is 1. The largest absolute Gasteiger partial charge is 0.378 e. The van der Waals surface area contributed by atoms with Crippen LogP contribution in [0, 0.1) is 18.6 Å². The SMILES string of the molecule is CNC(CCCC1CCCO1)c1cc(C)c(F)cc1F. The summed E-state index contributed by atoms with van der Waals surface area (Å²) in [5.41, 5.74) is 1.04. The van der Waals surface area contributed by atoms with Crippen molar-refractivity contribution in [3.63, 3.8) is 0 Å². The molecule has 1 N–H and O–H groups in total. The summed E-state index contributed by atoms with van der Waals surface area (Å²) in [7, 11) is 1.81. The van der Waals surface area contributed by atoms with Crippen molar-refractivity contribution < 1.29 is 13.5 Å². The summed E-state index contributed by atoms with van der Waals surface area (Å²) in [6.45, 7) is 2.53. The van der Waals surface area contributed by atoms with E-state index in [0.717, 1.165) is 44.8 Å². The Labute approximate surface area is 119 Å². The Morgan fingerprint density at radius 2 is 2.15 bits per heavy atom. The minimum atomic E-state index is -0.486. The maximum atomic E-state index is 13.9. The van der Waals surface area contributed by atoms with Crippen LogP contribution in [0.1, 0.15) is 49.3 Å². The smallest absolute Gasteiger partial charge is 0.130 e. The number of hydrogen-bond acceptors (Lipinski definition) is 2. The molecule has 112 valence electrons. The first-order chi connectivity index (χ1) is 9.61. The van der Waals surface area contributed by atoms with Gasteiger partial charge in [0.15, 0.2) is 0 Å². The molecule has 2 unspecified atom stereocenters. The van der Waals surface area contributed by atoms with Crippen LogP contribution in [0.5, 0.6) is 0 Å². The molecule has 0 bridgehead atoms. The first kappa shape index (κ1) is 15.4. The van der Waals surface area contributed by atoms with Crippen molar-refractivity contribution in [3.8, 4) is 0 Å². The van der Waals surface area contributed by atoms with Crippen LogP contribution in [0.4, 0.5) is 8.78 Å². The predicted octanol–water partition coefficient (Wildman–Crippen LogP) is 3.88. The molecule has 2 rings (SSSR count). The van der Waals surface area contributed by atoms with Crippen molar-refractivity contribution in [3.05, 3.63) is 34.9 Å². The Bertz CT molecular complexity index is 444. The van der Waals surface area contributed by atoms with Gasteiger partial charge in [0.1, 0.15) is 11.6 Å². The molecule has 0 radical (unpaired) electrons. The van der Waals surface area contributed by atoms with E-state index in [-0.39, 0.29) is 6.04 Å². The molecule has 1 heterocycles. The van der Waals surface area contributed by atoms with Gasteiger partial charge in [-0.2, -0.15) is 0 Å². The van der Waals surface area contributed by atoms with Gasteiger partial charge in [-0.15, -0.1) is 0 Å². The van der Waals surface area contributed by atoms with E-state index in [1.807, 2.05) is 7.05 Å². The fourth-order valence-electron chi connectivity index (χ4n) is 2.82. The standard InChI is InChI=1S/C16H23F2NO/c1-11-9-13(15(18)10-14(11)17)16(19-2)7-3-5-12-6-4-8-20-12/h9-10,12,16,19H,3-8H2,1-2H3. The van der Waals surface area contributed by atoms with Crippen molar-refractivity contribution in [1.82, 2.24) is 5.32 Å². The molecule has 2 nitrogen and oxygen atoms in total. The molecule has 1 aliphatic heterocycles. The lowest BCUT2D eigenvalue weighted by Crippen LogP contribution is -2.19. The average Bonchev–Trinajstić information content (AvgIpc) is 2.93. The molecule has 1 fully saturated rings. The molecule has 2 atom stereocenters. The zero-order chi connectivity index (χ0) is 14.5. The van der Waals surface area contributed by atoms with E-state index in [4.69, 9.17) is 4.74 Å². The van der Waals surface area contributed by atoms with Crippen LogP contribution in [-0.2, 0) is 4.74 Å². The van der Waals surface area contributed by atoms with Gasteiger partial charge in [0, 0.05) is 24.3 Å². The van der Waals surface area contributed by atoms with Crippen molar-refractivity contribution in [2.75, 3.05) is 13.7 Å². The summed E-state index contributed by atoms with van der Waals surface area (Å²) in [4.78, 5) is 0. The fraction of sp³-hybridized carbons (Fsp3) is 0.625. The highest BCUT2D eigenvalue weighted by molar-refractivity contribution is 5.28. The van der Waals surface area contributed by atoms with Crippen LogP contribution in [0.2, 0.25) is 0 Å². The second kappa shape index (κ2) is 7.14. The molecule has 0 amide bonds. The molecule has 1 saturated heterocycles. The lowest BCUT2D eigenvalue weighted by molar-refractivity contribution is 0.101. The van der Waals surface area contributed by atoms with Crippen LogP contribution in [0.3, 0.4) is 0 Å². The third-order valence-electron chi connectivity index (χ3n) is 4.04. The number of nitrogens with one attached hydrogen (secondary N) is 1. The first-order valence-corrected chi connectivity index (χ1v) is 7.36. The number of rotatable bonds is 6. The minimum Gasteiger partial charge on any atom is -0.378 e. The third-order valence-corrected chi connectivity index (χ3v) is 4.04. The van der Waals surface area contributed by atoms with E-state index in [9.17, 15) is 8.78 Å². The molecule has 0 aliphatic carbocycles. The second-order valence-corrected chi connectivity index (χ2v) is 5.53. The van der Waals surface area contributed by atoms with Gasteiger partial charge in [-0.1, -0.05) is 0 Å². The van der Waals surface area contributed by atoms with Gasteiger partial charge in [-0.3, -0.25) is 0 Å². The fourth-order valence-corrected chi connectivity index (χ4v) is 2.82. The van der Waals surface area contributed by atoms with Crippen LogP contribution in [0.15, 0.2) is 12.1 Å². The van der Waals surface area contributed by atoms with Crippen LogP contribution in [-0.4, -0.2) is 19.8 Å². The Kier molecular flexibility index (Phi) is 5.49. The summed E-state index contributed by atoms with van der Waals surface area (Å²) in [6.07, 6.45) is 5.47. The molecule has 1 aliphatic rings. The zero-order valence-electron chi connectivity index (χ0n) is 12.2. The lowest BCUT2D eigenvalue weighted by atomic mass is 9.97. The first-order valence-electron chi connectivity index (χ1n) is 7.36. The summed E-state index contributed by atoms with van der Waals surface area (Å²) >= 11 is 0. The highest BCUT2D eigenvalue weighted by Crippen LogP contribution is 2.26. The Hall–Kier alpha value is -1.00. The van der Waals surface area contributed by atoms with E-state index < -0.39 is 11.6 Å². The van der Waals surface area contributed by atoms with Gasteiger partial charge >= 0.3 is 0 Å². The maximum Gasteiger partial charge on any atom is 0.130 e. The summed E-state index contributed by atoms with van der Waals surface area (Å²) in [5.74, 6) is -0.954. The highest BCUT2D eigenvalue weighted by Gasteiger charge is 2.19. The van der Waals surface area contributed by atoms with Crippen molar-refractivity contribution in [1.29, 1.82) is 0 Å². The normalized spacial score (nSPS) is 20.3. The second-order valence-electron chi connectivity index (χ2n) is 5.53. The lowest BCUT2D eigenvalue weighted by Gasteiger charge is -2.19. The van der Waals surface area contributed by atoms with Gasteiger partial charge in [-0.25, -0.2) is 8.78 Å². The van der Waals surface area contributed by atoms with E-state index in [0.29, 0.717) is 17.2 Å². The molecule has 1 aromatic carbocycles. The topological polar surface area (TPSA) is 21.3 Å². The molecular weight excluding hydrogens is 260 g/mol. The Morgan fingerprint density at radius 3 is 2.80 bits per heavy atom. The quantitative estimate of drug-likeness (QED) is 0.855. The summed E-state index contributed by atoms with van der Waals surface area (Å²) < 4.78 is 32.8. The van der Waals surface area contributed by atoms with Crippen LogP contribution >= 0.6 is 0 Å². The van der Waals surface area contributed by atoms with Gasteiger partial charge in [-0.05, 0) is 57.7 Å². The molecule has 0 saturated carbocycles.